The largest absolute Gasteiger partial charge is 0.369 e. The fourth-order valence-corrected chi connectivity index (χ4v) is 2.42. The summed E-state index contributed by atoms with van der Waals surface area (Å²) in [4.78, 5) is 4.92. The molecule has 3 nitrogen and oxygen atoms in total. The van der Waals surface area contributed by atoms with Crippen molar-refractivity contribution in [3.05, 3.63) is 29.8 Å². The minimum atomic E-state index is 0.278. The topological polar surface area (TPSA) is 32.5 Å². The van der Waals surface area contributed by atoms with E-state index in [9.17, 15) is 0 Å². The van der Waals surface area contributed by atoms with Crippen LogP contribution in [-0.2, 0) is 0 Å². The van der Waals surface area contributed by atoms with Gasteiger partial charge in [-0.1, -0.05) is 12.1 Å². The number of benzene rings is 1. The highest BCUT2D eigenvalue weighted by atomic mass is 15.3. The van der Waals surface area contributed by atoms with Crippen molar-refractivity contribution in [1.82, 2.24) is 4.90 Å². The molecule has 94 valence electrons. The Bertz CT molecular complexity index is 354. The number of hydrogen-bond donors (Lipinski definition) is 1. The van der Waals surface area contributed by atoms with Gasteiger partial charge in [-0.05, 0) is 31.5 Å². The number of nitrogens with two attached hydrogens (primary N) is 1. The van der Waals surface area contributed by atoms with Gasteiger partial charge in [0.2, 0.25) is 0 Å². The van der Waals surface area contributed by atoms with E-state index in [1.165, 1.54) is 11.3 Å². The molecule has 1 atom stereocenters. The van der Waals surface area contributed by atoms with Crippen molar-refractivity contribution in [2.45, 2.75) is 19.9 Å². The van der Waals surface area contributed by atoms with Gasteiger partial charge in [0.1, 0.15) is 0 Å². The SMILES string of the molecule is Cc1cccc(N2CCN(C[C@@H](C)N)CC2)c1. The highest BCUT2D eigenvalue weighted by molar-refractivity contribution is 5.48. The van der Waals surface area contributed by atoms with Crippen LogP contribution in [-0.4, -0.2) is 43.7 Å². The van der Waals surface area contributed by atoms with Crippen LogP contribution >= 0.6 is 0 Å². The molecule has 0 saturated carbocycles. The second-order valence-electron chi connectivity index (χ2n) is 5.10. The fourth-order valence-electron chi connectivity index (χ4n) is 2.42. The average molecular weight is 233 g/mol. The van der Waals surface area contributed by atoms with Crippen LogP contribution in [0.15, 0.2) is 24.3 Å². The van der Waals surface area contributed by atoms with Gasteiger partial charge in [-0.15, -0.1) is 0 Å². The van der Waals surface area contributed by atoms with Gasteiger partial charge in [-0.25, -0.2) is 0 Å². The van der Waals surface area contributed by atoms with Crippen LogP contribution in [0.2, 0.25) is 0 Å². The Morgan fingerprint density at radius 1 is 1.24 bits per heavy atom. The van der Waals surface area contributed by atoms with E-state index in [0.717, 1.165) is 32.7 Å². The zero-order valence-corrected chi connectivity index (χ0v) is 10.9. The fraction of sp³-hybridized carbons (Fsp3) is 0.571. The van der Waals surface area contributed by atoms with Crippen LogP contribution in [0, 0.1) is 6.92 Å². The molecule has 0 unspecified atom stereocenters. The molecule has 1 aliphatic heterocycles. The molecule has 1 aromatic carbocycles. The first-order chi connectivity index (χ1) is 8.15. The minimum absolute atomic E-state index is 0.278. The van der Waals surface area contributed by atoms with Crippen LogP contribution in [0.25, 0.3) is 0 Å². The van der Waals surface area contributed by atoms with Gasteiger partial charge in [0.25, 0.3) is 0 Å². The molecule has 1 aliphatic rings. The first-order valence-corrected chi connectivity index (χ1v) is 6.45. The molecule has 0 bridgehead atoms. The highest BCUT2D eigenvalue weighted by Crippen LogP contribution is 2.17. The molecule has 0 spiro atoms. The smallest absolute Gasteiger partial charge is 0.0369 e. The van der Waals surface area contributed by atoms with E-state index >= 15 is 0 Å². The van der Waals surface area contributed by atoms with Crippen molar-refractivity contribution in [3.63, 3.8) is 0 Å². The summed E-state index contributed by atoms with van der Waals surface area (Å²) in [7, 11) is 0. The lowest BCUT2D eigenvalue weighted by molar-refractivity contribution is 0.247. The van der Waals surface area contributed by atoms with Crippen molar-refractivity contribution in [3.8, 4) is 0 Å². The van der Waals surface area contributed by atoms with Crippen LogP contribution in [0.1, 0.15) is 12.5 Å². The third-order valence-electron chi connectivity index (χ3n) is 3.29. The molecule has 0 aliphatic carbocycles. The standard InChI is InChI=1S/C14H23N3/c1-12-4-3-5-14(10-12)17-8-6-16(7-9-17)11-13(2)15/h3-5,10,13H,6-9,11,15H2,1-2H3/t13-/m1/s1. The van der Waals surface area contributed by atoms with E-state index in [1.807, 2.05) is 0 Å². The van der Waals surface area contributed by atoms with Gasteiger partial charge in [0.15, 0.2) is 0 Å². The Kier molecular flexibility index (Phi) is 4.02. The molecule has 1 fully saturated rings. The predicted octanol–water partition coefficient (Wildman–Crippen LogP) is 1.46. The van der Waals surface area contributed by atoms with Crippen LogP contribution in [0.5, 0.6) is 0 Å². The third kappa shape index (κ3) is 3.45. The van der Waals surface area contributed by atoms with Crippen LogP contribution in [0.4, 0.5) is 5.69 Å². The number of nitrogens with zero attached hydrogens (tertiary/aromatic N) is 2. The molecule has 0 aromatic heterocycles. The maximum atomic E-state index is 5.83. The summed E-state index contributed by atoms with van der Waals surface area (Å²) < 4.78 is 0. The Labute approximate surface area is 104 Å². The maximum Gasteiger partial charge on any atom is 0.0369 e. The third-order valence-corrected chi connectivity index (χ3v) is 3.29. The van der Waals surface area contributed by atoms with Gasteiger partial charge >= 0.3 is 0 Å². The monoisotopic (exact) mass is 233 g/mol. The van der Waals surface area contributed by atoms with Crippen LogP contribution in [0.3, 0.4) is 0 Å². The molecular formula is C14H23N3. The van der Waals surface area contributed by atoms with Gasteiger partial charge in [-0.3, -0.25) is 4.90 Å². The molecular weight excluding hydrogens is 210 g/mol. The first kappa shape index (κ1) is 12.4. The number of aryl methyl sites for hydroxylation is 1. The van der Waals surface area contributed by atoms with Gasteiger partial charge in [0, 0.05) is 44.5 Å². The summed E-state index contributed by atoms with van der Waals surface area (Å²) in [5.74, 6) is 0. The van der Waals surface area contributed by atoms with Crippen LogP contribution < -0.4 is 10.6 Å². The molecule has 2 N–H and O–H groups in total. The predicted molar refractivity (Wildman–Crippen MR) is 73.5 cm³/mol. The summed E-state index contributed by atoms with van der Waals surface area (Å²) in [5, 5.41) is 0. The molecule has 1 aromatic rings. The lowest BCUT2D eigenvalue weighted by atomic mass is 10.2. The Morgan fingerprint density at radius 2 is 1.94 bits per heavy atom. The summed E-state index contributed by atoms with van der Waals surface area (Å²) >= 11 is 0. The summed E-state index contributed by atoms with van der Waals surface area (Å²) in [6.07, 6.45) is 0. The van der Waals surface area contributed by atoms with E-state index in [0.29, 0.717) is 0 Å². The van der Waals surface area contributed by atoms with Crippen molar-refractivity contribution >= 4 is 5.69 Å². The second-order valence-corrected chi connectivity index (χ2v) is 5.10. The van der Waals surface area contributed by atoms with E-state index in [2.05, 4.69) is 47.9 Å². The summed E-state index contributed by atoms with van der Waals surface area (Å²) in [5.41, 5.74) is 8.52. The van der Waals surface area contributed by atoms with Crippen molar-refractivity contribution in [2.75, 3.05) is 37.6 Å². The lowest BCUT2D eigenvalue weighted by Crippen LogP contribution is -2.49. The quantitative estimate of drug-likeness (QED) is 0.858. The Morgan fingerprint density at radius 3 is 2.53 bits per heavy atom. The van der Waals surface area contributed by atoms with E-state index < -0.39 is 0 Å². The van der Waals surface area contributed by atoms with E-state index in [-0.39, 0.29) is 6.04 Å². The van der Waals surface area contributed by atoms with Gasteiger partial charge < -0.3 is 10.6 Å². The normalized spacial score (nSPS) is 19.4. The van der Waals surface area contributed by atoms with Gasteiger partial charge in [-0.2, -0.15) is 0 Å². The number of piperazine rings is 1. The Hall–Kier alpha value is -1.06. The number of hydrogen-bond acceptors (Lipinski definition) is 3. The minimum Gasteiger partial charge on any atom is -0.369 e. The number of rotatable bonds is 3. The van der Waals surface area contributed by atoms with Gasteiger partial charge in [0.05, 0.1) is 0 Å². The molecule has 2 rings (SSSR count). The maximum absolute atomic E-state index is 5.83. The zero-order chi connectivity index (χ0) is 12.3. The first-order valence-electron chi connectivity index (χ1n) is 6.45. The number of anilines is 1. The molecule has 17 heavy (non-hydrogen) atoms. The second kappa shape index (κ2) is 5.52. The Balaban J connectivity index is 1.91. The molecule has 3 heteroatoms. The summed E-state index contributed by atoms with van der Waals surface area (Å²) in [6.45, 7) is 9.70. The van der Waals surface area contributed by atoms with Crippen molar-refractivity contribution < 1.29 is 0 Å². The molecule has 0 amide bonds. The summed E-state index contributed by atoms with van der Waals surface area (Å²) in [6, 6.07) is 9.03. The molecule has 1 heterocycles. The lowest BCUT2D eigenvalue weighted by Gasteiger charge is -2.36. The highest BCUT2D eigenvalue weighted by Gasteiger charge is 2.17. The average Bonchev–Trinajstić information content (AvgIpc) is 2.29. The van der Waals surface area contributed by atoms with Crippen molar-refractivity contribution in [1.29, 1.82) is 0 Å². The zero-order valence-electron chi connectivity index (χ0n) is 10.9. The van der Waals surface area contributed by atoms with Crippen molar-refractivity contribution in [2.24, 2.45) is 5.73 Å². The van der Waals surface area contributed by atoms with E-state index in [1.54, 1.807) is 0 Å². The molecule has 1 saturated heterocycles. The molecule has 0 radical (unpaired) electrons. The van der Waals surface area contributed by atoms with E-state index in [4.69, 9.17) is 5.73 Å².